The Morgan fingerprint density at radius 1 is 1.00 bits per heavy atom. The molecular formula is C18H19FN2O2. The third kappa shape index (κ3) is 4.92. The van der Waals surface area contributed by atoms with Crippen molar-refractivity contribution in [2.24, 2.45) is 0 Å². The van der Waals surface area contributed by atoms with Gasteiger partial charge in [-0.15, -0.1) is 0 Å². The van der Waals surface area contributed by atoms with Crippen LogP contribution in [0.2, 0.25) is 0 Å². The molecule has 0 radical (unpaired) electrons. The van der Waals surface area contributed by atoms with Gasteiger partial charge in [-0.3, -0.25) is 9.59 Å². The van der Waals surface area contributed by atoms with E-state index in [9.17, 15) is 14.0 Å². The predicted octanol–water partition coefficient (Wildman–Crippen LogP) is 2.69. The highest BCUT2D eigenvalue weighted by molar-refractivity contribution is 6.39. The number of para-hydroxylation sites is 1. The predicted molar refractivity (Wildman–Crippen MR) is 87.6 cm³/mol. The molecule has 4 nitrogen and oxygen atoms in total. The smallest absolute Gasteiger partial charge is 0.313 e. The van der Waals surface area contributed by atoms with Gasteiger partial charge in [0.15, 0.2) is 0 Å². The summed E-state index contributed by atoms with van der Waals surface area (Å²) in [4.78, 5) is 23.7. The van der Waals surface area contributed by atoms with E-state index < -0.39 is 11.8 Å². The Hall–Kier alpha value is -2.69. The second kappa shape index (κ2) is 8.08. The molecule has 0 saturated carbocycles. The number of nitrogens with one attached hydrogen (secondary N) is 2. The van der Waals surface area contributed by atoms with Gasteiger partial charge in [-0.05, 0) is 42.2 Å². The molecule has 2 rings (SSSR count). The maximum Gasteiger partial charge on any atom is 0.313 e. The lowest BCUT2D eigenvalue weighted by atomic mass is 10.1. The molecule has 0 unspecified atom stereocenters. The van der Waals surface area contributed by atoms with Crippen molar-refractivity contribution in [1.82, 2.24) is 5.32 Å². The molecule has 0 saturated heterocycles. The first-order valence-corrected chi connectivity index (χ1v) is 7.51. The fraction of sp³-hybridized carbons (Fsp3) is 0.222. The standard InChI is InChI=1S/C18H19FN2O2/c1-2-14-5-3-4-6-16(14)21-18(23)17(22)20-12-11-13-7-9-15(19)10-8-13/h3-10H,2,11-12H2,1H3,(H,20,22)(H,21,23). The van der Waals surface area contributed by atoms with Crippen LogP contribution in [0, 0.1) is 5.82 Å². The van der Waals surface area contributed by atoms with Crippen LogP contribution < -0.4 is 10.6 Å². The first-order valence-electron chi connectivity index (χ1n) is 7.51. The van der Waals surface area contributed by atoms with Crippen molar-refractivity contribution in [3.05, 3.63) is 65.5 Å². The van der Waals surface area contributed by atoms with E-state index in [4.69, 9.17) is 0 Å². The summed E-state index contributed by atoms with van der Waals surface area (Å²) >= 11 is 0. The van der Waals surface area contributed by atoms with Crippen molar-refractivity contribution < 1.29 is 14.0 Å². The first-order chi connectivity index (χ1) is 11.1. The molecule has 0 atom stereocenters. The molecule has 23 heavy (non-hydrogen) atoms. The molecule has 2 N–H and O–H groups in total. The van der Waals surface area contributed by atoms with Gasteiger partial charge in [0.05, 0.1) is 0 Å². The van der Waals surface area contributed by atoms with Crippen LogP contribution in [0.5, 0.6) is 0 Å². The maximum atomic E-state index is 12.8. The number of halogens is 1. The van der Waals surface area contributed by atoms with Crippen molar-refractivity contribution in [3.8, 4) is 0 Å². The van der Waals surface area contributed by atoms with Crippen molar-refractivity contribution in [3.63, 3.8) is 0 Å². The summed E-state index contributed by atoms with van der Waals surface area (Å²) in [5.74, 6) is -1.67. The molecule has 0 aliphatic heterocycles. The third-order valence-corrected chi connectivity index (χ3v) is 3.47. The van der Waals surface area contributed by atoms with Gasteiger partial charge in [0, 0.05) is 12.2 Å². The molecule has 2 aromatic rings. The Labute approximate surface area is 134 Å². The van der Waals surface area contributed by atoms with Gasteiger partial charge >= 0.3 is 11.8 Å². The van der Waals surface area contributed by atoms with Crippen LogP contribution >= 0.6 is 0 Å². The molecule has 0 bridgehead atoms. The van der Waals surface area contributed by atoms with E-state index in [2.05, 4.69) is 10.6 Å². The van der Waals surface area contributed by atoms with Gasteiger partial charge < -0.3 is 10.6 Å². The normalized spacial score (nSPS) is 10.2. The largest absolute Gasteiger partial charge is 0.347 e. The number of hydrogen-bond acceptors (Lipinski definition) is 2. The zero-order chi connectivity index (χ0) is 16.7. The van der Waals surface area contributed by atoms with E-state index in [1.807, 2.05) is 19.1 Å². The number of rotatable bonds is 5. The molecule has 0 aliphatic carbocycles. The van der Waals surface area contributed by atoms with Gasteiger partial charge in [0.25, 0.3) is 0 Å². The Kier molecular flexibility index (Phi) is 5.86. The molecule has 2 aromatic carbocycles. The average Bonchev–Trinajstić information content (AvgIpc) is 2.57. The number of carbonyl (C=O) groups is 2. The number of aryl methyl sites for hydroxylation is 1. The minimum atomic E-state index is -0.690. The molecule has 0 spiro atoms. The molecule has 0 heterocycles. The number of carbonyl (C=O) groups excluding carboxylic acids is 2. The van der Waals surface area contributed by atoms with Gasteiger partial charge in [0.2, 0.25) is 0 Å². The van der Waals surface area contributed by atoms with Crippen LogP contribution in [0.1, 0.15) is 18.1 Å². The van der Waals surface area contributed by atoms with Crippen molar-refractivity contribution in [2.75, 3.05) is 11.9 Å². The minimum absolute atomic E-state index is 0.299. The maximum absolute atomic E-state index is 12.8. The summed E-state index contributed by atoms with van der Waals surface area (Å²) in [5, 5.41) is 5.18. The van der Waals surface area contributed by atoms with E-state index in [0.717, 1.165) is 17.5 Å². The van der Waals surface area contributed by atoms with Crippen molar-refractivity contribution >= 4 is 17.5 Å². The van der Waals surface area contributed by atoms with E-state index in [1.165, 1.54) is 12.1 Å². The number of amides is 2. The summed E-state index contributed by atoms with van der Waals surface area (Å²) < 4.78 is 12.8. The van der Waals surface area contributed by atoms with E-state index in [1.54, 1.807) is 24.3 Å². The molecule has 2 amide bonds. The molecule has 0 fully saturated rings. The molecule has 5 heteroatoms. The van der Waals surface area contributed by atoms with Crippen LogP contribution in [0.15, 0.2) is 48.5 Å². The van der Waals surface area contributed by atoms with Crippen molar-refractivity contribution in [2.45, 2.75) is 19.8 Å². The molecule has 0 aliphatic rings. The minimum Gasteiger partial charge on any atom is -0.347 e. The Bertz CT molecular complexity index is 684. The second-order valence-electron chi connectivity index (χ2n) is 5.10. The fourth-order valence-electron chi connectivity index (χ4n) is 2.18. The highest BCUT2D eigenvalue weighted by Gasteiger charge is 2.14. The molecule has 0 aromatic heterocycles. The quantitative estimate of drug-likeness (QED) is 0.834. The Morgan fingerprint density at radius 3 is 2.39 bits per heavy atom. The summed E-state index contributed by atoms with van der Waals surface area (Å²) in [6.45, 7) is 2.29. The number of anilines is 1. The summed E-state index contributed by atoms with van der Waals surface area (Å²) in [6.07, 6.45) is 1.30. The van der Waals surface area contributed by atoms with Crippen LogP contribution in [-0.4, -0.2) is 18.4 Å². The van der Waals surface area contributed by atoms with E-state index in [0.29, 0.717) is 18.7 Å². The van der Waals surface area contributed by atoms with Crippen LogP contribution in [0.4, 0.5) is 10.1 Å². The lowest BCUT2D eigenvalue weighted by Gasteiger charge is -2.10. The Balaban J connectivity index is 1.83. The highest BCUT2D eigenvalue weighted by Crippen LogP contribution is 2.15. The van der Waals surface area contributed by atoms with Crippen LogP contribution in [-0.2, 0) is 22.4 Å². The van der Waals surface area contributed by atoms with Crippen molar-refractivity contribution in [1.29, 1.82) is 0 Å². The third-order valence-electron chi connectivity index (χ3n) is 3.47. The summed E-state index contributed by atoms with van der Waals surface area (Å²) in [7, 11) is 0. The zero-order valence-corrected chi connectivity index (χ0v) is 12.9. The number of benzene rings is 2. The summed E-state index contributed by atoms with van der Waals surface area (Å²) in [6, 6.07) is 13.4. The Morgan fingerprint density at radius 2 is 1.70 bits per heavy atom. The first kappa shape index (κ1) is 16.7. The highest BCUT2D eigenvalue weighted by atomic mass is 19.1. The lowest BCUT2D eigenvalue weighted by molar-refractivity contribution is -0.136. The topological polar surface area (TPSA) is 58.2 Å². The van der Waals surface area contributed by atoms with Crippen LogP contribution in [0.3, 0.4) is 0 Å². The van der Waals surface area contributed by atoms with E-state index >= 15 is 0 Å². The van der Waals surface area contributed by atoms with Gasteiger partial charge in [-0.25, -0.2) is 4.39 Å². The molecular weight excluding hydrogens is 295 g/mol. The monoisotopic (exact) mass is 314 g/mol. The van der Waals surface area contributed by atoms with Gasteiger partial charge in [0.1, 0.15) is 5.82 Å². The average molecular weight is 314 g/mol. The van der Waals surface area contributed by atoms with E-state index in [-0.39, 0.29) is 5.82 Å². The van der Waals surface area contributed by atoms with Gasteiger partial charge in [-0.2, -0.15) is 0 Å². The second-order valence-corrected chi connectivity index (χ2v) is 5.10. The summed E-state index contributed by atoms with van der Waals surface area (Å²) in [5.41, 5.74) is 2.51. The van der Waals surface area contributed by atoms with Crippen LogP contribution in [0.25, 0.3) is 0 Å². The zero-order valence-electron chi connectivity index (χ0n) is 12.9. The van der Waals surface area contributed by atoms with Gasteiger partial charge in [-0.1, -0.05) is 37.3 Å². The molecule has 120 valence electrons. The SMILES string of the molecule is CCc1ccccc1NC(=O)C(=O)NCCc1ccc(F)cc1. The number of hydrogen-bond donors (Lipinski definition) is 2. The fourth-order valence-corrected chi connectivity index (χ4v) is 2.18. The lowest BCUT2D eigenvalue weighted by Crippen LogP contribution is -2.36.